The van der Waals surface area contributed by atoms with Crippen LogP contribution in [0.1, 0.15) is 6.92 Å². The van der Waals surface area contributed by atoms with Gasteiger partial charge in [0.2, 0.25) is 0 Å². The zero-order valence-electron chi connectivity index (χ0n) is 8.48. The number of carboxylic acids is 2. The molecule has 0 saturated heterocycles. The van der Waals surface area contributed by atoms with Crippen molar-refractivity contribution >= 4 is 35.1 Å². The molecule has 0 atom stereocenters. The van der Waals surface area contributed by atoms with Crippen molar-refractivity contribution in [2.45, 2.75) is 12.5 Å². The normalized spacial score (nSPS) is 11.0. The van der Waals surface area contributed by atoms with Crippen LogP contribution in [0.3, 0.4) is 0 Å². The second-order valence-corrected chi connectivity index (χ2v) is 3.91. The molecule has 0 radical (unpaired) electrons. The number of pyridine rings is 1. The summed E-state index contributed by atoms with van der Waals surface area (Å²) >= 11 is 11.2. The zero-order valence-corrected chi connectivity index (χ0v) is 9.99. The SMILES string of the molecule is CC(Oc1ccc(Cl)nc1Cl)(C(=O)O)C(=O)O. The van der Waals surface area contributed by atoms with Crippen molar-refractivity contribution in [1.82, 2.24) is 4.98 Å². The Morgan fingerprint density at radius 3 is 2.24 bits per heavy atom. The van der Waals surface area contributed by atoms with Gasteiger partial charge in [-0.1, -0.05) is 23.2 Å². The molecule has 6 nitrogen and oxygen atoms in total. The maximum atomic E-state index is 10.8. The van der Waals surface area contributed by atoms with E-state index in [1.165, 1.54) is 12.1 Å². The Balaban J connectivity index is 3.11. The van der Waals surface area contributed by atoms with Crippen LogP contribution < -0.4 is 4.74 Å². The first-order valence-electron chi connectivity index (χ1n) is 4.25. The summed E-state index contributed by atoms with van der Waals surface area (Å²) in [6, 6.07) is 2.54. The maximum Gasteiger partial charge on any atom is 0.359 e. The zero-order chi connectivity index (χ0) is 13.2. The highest BCUT2D eigenvalue weighted by Gasteiger charge is 2.45. The summed E-state index contributed by atoms with van der Waals surface area (Å²) in [5, 5.41) is 17.5. The molecule has 0 aliphatic rings. The second kappa shape index (κ2) is 4.77. The predicted octanol–water partition coefficient (Wildman–Crippen LogP) is 1.70. The Labute approximate surface area is 106 Å². The third kappa shape index (κ3) is 2.78. The van der Waals surface area contributed by atoms with Gasteiger partial charge in [-0.25, -0.2) is 14.6 Å². The van der Waals surface area contributed by atoms with Gasteiger partial charge in [0.15, 0.2) is 10.9 Å². The molecular weight excluding hydrogens is 273 g/mol. The second-order valence-electron chi connectivity index (χ2n) is 3.17. The summed E-state index contributed by atoms with van der Waals surface area (Å²) in [5.74, 6) is -3.49. The highest BCUT2D eigenvalue weighted by Crippen LogP contribution is 2.28. The lowest BCUT2D eigenvalue weighted by atomic mass is 10.1. The monoisotopic (exact) mass is 279 g/mol. The summed E-state index contributed by atoms with van der Waals surface area (Å²) in [6.07, 6.45) is 0. The van der Waals surface area contributed by atoms with E-state index in [9.17, 15) is 9.59 Å². The van der Waals surface area contributed by atoms with Crippen molar-refractivity contribution in [1.29, 1.82) is 0 Å². The summed E-state index contributed by atoms with van der Waals surface area (Å²) in [5.41, 5.74) is -2.45. The van der Waals surface area contributed by atoms with E-state index in [1.54, 1.807) is 0 Å². The van der Waals surface area contributed by atoms with Gasteiger partial charge in [0.05, 0.1) is 0 Å². The predicted molar refractivity (Wildman–Crippen MR) is 58.6 cm³/mol. The largest absolute Gasteiger partial charge is 0.478 e. The Hall–Kier alpha value is -1.53. The van der Waals surface area contributed by atoms with Gasteiger partial charge >= 0.3 is 11.9 Å². The van der Waals surface area contributed by atoms with Crippen molar-refractivity contribution in [3.63, 3.8) is 0 Å². The highest BCUT2D eigenvalue weighted by atomic mass is 35.5. The lowest BCUT2D eigenvalue weighted by molar-refractivity contribution is -0.170. The Bertz CT molecular complexity index is 462. The molecule has 0 aromatic carbocycles. The Morgan fingerprint density at radius 1 is 1.29 bits per heavy atom. The van der Waals surface area contributed by atoms with Crippen LogP contribution in [0.15, 0.2) is 12.1 Å². The average molecular weight is 280 g/mol. The smallest absolute Gasteiger partial charge is 0.359 e. The Morgan fingerprint density at radius 2 is 1.82 bits per heavy atom. The number of carboxylic acid groups (broad SMARTS) is 2. The van der Waals surface area contributed by atoms with E-state index in [-0.39, 0.29) is 16.1 Å². The van der Waals surface area contributed by atoms with Crippen LogP contribution in [-0.4, -0.2) is 32.7 Å². The molecule has 0 saturated carbocycles. The van der Waals surface area contributed by atoms with Gasteiger partial charge in [-0.3, -0.25) is 0 Å². The van der Waals surface area contributed by atoms with Gasteiger partial charge in [0.1, 0.15) is 5.15 Å². The van der Waals surface area contributed by atoms with Gasteiger partial charge in [-0.2, -0.15) is 0 Å². The quantitative estimate of drug-likeness (QED) is 0.643. The number of rotatable bonds is 4. The van der Waals surface area contributed by atoms with E-state index >= 15 is 0 Å². The van der Waals surface area contributed by atoms with Crippen LogP contribution in [0.25, 0.3) is 0 Å². The number of aliphatic carboxylic acids is 2. The van der Waals surface area contributed by atoms with Crippen LogP contribution in [-0.2, 0) is 9.59 Å². The molecule has 2 N–H and O–H groups in total. The minimum atomic E-state index is -2.45. The van der Waals surface area contributed by atoms with Crippen molar-refractivity contribution in [2.75, 3.05) is 0 Å². The molecule has 8 heteroatoms. The van der Waals surface area contributed by atoms with Crippen LogP contribution in [0.2, 0.25) is 10.3 Å². The van der Waals surface area contributed by atoms with E-state index in [2.05, 4.69) is 4.98 Å². The van der Waals surface area contributed by atoms with Crippen LogP contribution >= 0.6 is 23.2 Å². The maximum absolute atomic E-state index is 10.8. The van der Waals surface area contributed by atoms with E-state index < -0.39 is 17.5 Å². The molecule has 1 aromatic heterocycles. The van der Waals surface area contributed by atoms with Crippen LogP contribution in [0.4, 0.5) is 0 Å². The summed E-state index contributed by atoms with van der Waals surface area (Å²) in [6.45, 7) is 0.891. The molecule has 92 valence electrons. The molecule has 1 heterocycles. The van der Waals surface area contributed by atoms with E-state index in [0.29, 0.717) is 0 Å². The number of hydrogen-bond donors (Lipinski definition) is 2. The van der Waals surface area contributed by atoms with E-state index in [4.69, 9.17) is 38.2 Å². The summed E-state index contributed by atoms with van der Waals surface area (Å²) < 4.78 is 4.86. The summed E-state index contributed by atoms with van der Waals surface area (Å²) in [7, 11) is 0. The number of aromatic nitrogens is 1. The van der Waals surface area contributed by atoms with Gasteiger partial charge < -0.3 is 14.9 Å². The first kappa shape index (κ1) is 13.5. The number of halogens is 2. The third-order valence-corrected chi connectivity index (χ3v) is 2.39. The molecule has 0 fully saturated rings. The molecule has 0 unspecified atom stereocenters. The van der Waals surface area contributed by atoms with Gasteiger partial charge in [-0.15, -0.1) is 0 Å². The number of hydrogen-bond acceptors (Lipinski definition) is 4. The number of nitrogens with zero attached hydrogens (tertiary/aromatic N) is 1. The molecule has 0 bridgehead atoms. The minimum Gasteiger partial charge on any atom is -0.478 e. The van der Waals surface area contributed by atoms with Crippen LogP contribution in [0.5, 0.6) is 5.75 Å². The fraction of sp³-hybridized carbons (Fsp3) is 0.222. The first-order valence-corrected chi connectivity index (χ1v) is 5.01. The molecule has 0 spiro atoms. The number of carbonyl (C=O) groups is 2. The Kier molecular flexibility index (Phi) is 3.79. The fourth-order valence-electron chi connectivity index (χ4n) is 0.874. The van der Waals surface area contributed by atoms with Crippen LogP contribution in [0, 0.1) is 0 Å². The van der Waals surface area contributed by atoms with Crippen molar-refractivity contribution in [2.24, 2.45) is 0 Å². The topological polar surface area (TPSA) is 96.7 Å². The molecule has 0 aliphatic heterocycles. The molecule has 0 amide bonds. The van der Waals surface area contributed by atoms with Crippen molar-refractivity contribution in [3.8, 4) is 5.75 Å². The van der Waals surface area contributed by atoms with Crippen molar-refractivity contribution in [3.05, 3.63) is 22.4 Å². The van der Waals surface area contributed by atoms with E-state index in [1.807, 2.05) is 0 Å². The minimum absolute atomic E-state index is 0.0784. The third-order valence-electron chi connectivity index (χ3n) is 1.91. The van der Waals surface area contributed by atoms with Gasteiger partial charge in [0.25, 0.3) is 5.60 Å². The van der Waals surface area contributed by atoms with E-state index in [0.717, 1.165) is 6.92 Å². The highest BCUT2D eigenvalue weighted by molar-refractivity contribution is 6.33. The van der Waals surface area contributed by atoms with Crippen molar-refractivity contribution < 1.29 is 24.5 Å². The lowest BCUT2D eigenvalue weighted by Crippen LogP contribution is -2.49. The standard InChI is InChI=1S/C9H7Cl2NO5/c1-9(7(13)14,8(15)16)17-4-2-3-5(10)12-6(4)11/h2-3H,1H3,(H,13,14)(H,15,16). The molecule has 0 aliphatic carbocycles. The molecule has 1 rings (SSSR count). The van der Waals surface area contributed by atoms with Gasteiger partial charge in [0, 0.05) is 0 Å². The molecular formula is C9H7Cl2NO5. The van der Waals surface area contributed by atoms with Gasteiger partial charge in [-0.05, 0) is 19.1 Å². The fourth-order valence-corrected chi connectivity index (χ4v) is 1.26. The first-order chi connectivity index (χ1) is 7.77. The average Bonchev–Trinajstić information content (AvgIpc) is 2.21. The number of ether oxygens (including phenoxy) is 1. The molecule has 1 aromatic rings. The lowest BCUT2D eigenvalue weighted by Gasteiger charge is -2.21. The molecule has 17 heavy (non-hydrogen) atoms. The summed E-state index contributed by atoms with van der Waals surface area (Å²) in [4.78, 5) is 25.3.